The summed E-state index contributed by atoms with van der Waals surface area (Å²) in [5.41, 5.74) is 0. The fourth-order valence-corrected chi connectivity index (χ4v) is 1.12. The largest absolute Gasteiger partial charge is 0.391 e. The van der Waals surface area contributed by atoms with Crippen LogP contribution in [0.25, 0.3) is 0 Å². The van der Waals surface area contributed by atoms with Crippen molar-refractivity contribution in [3.63, 3.8) is 0 Å². The van der Waals surface area contributed by atoms with E-state index in [1.54, 1.807) is 0 Å². The van der Waals surface area contributed by atoms with Gasteiger partial charge in [0.2, 0.25) is 5.79 Å². The Labute approximate surface area is 68.6 Å². The second-order valence-electron chi connectivity index (χ2n) is 2.82. The molecule has 0 aromatic heterocycles. The van der Waals surface area contributed by atoms with Gasteiger partial charge in [-0.2, -0.15) is 0 Å². The van der Waals surface area contributed by atoms with Crippen LogP contribution in [0.2, 0.25) is 0 Å². The van der Waals surface area contributed by atoms with Crippen molar-refractivity contribution in [1.82, 2.24) is 0 Å². The minimum atomic E-state index is -2.27. The van der Waals surface area contributed by atoms with Gasteiger partial charge < -0.3 is 30.3 Å². The zero-order chi connectivity index (χ0) is 9.35. The van der Waals surface area contributed by atoms with Gasteiger partial charge in [0, 0.05) is 6.42 Å². The first-order valence-corrected chi connectivity index (χ1v) is 3.55. The molecule has 5 N–H and O–H groups in total. The highest BCUT2D eigenvalue weighted by Gasteiger charge is 2.47. The molecular weight excluding hydrogens is 168 g/mol. The molecule has 12 heavy (non-hydrogen) atoms. The first kappa shape index (κ1) is 9.85. The molecule has 0 radical (unpaired) electrons. The fraction of sp³-hybridized carbons (Fsp3) is 1.00. The van der Waals surface area contributed by atoms with E-state index in [2.05, 4.69) is 4.74 Å². The lowest BCUT2D eigenvalue weighted by Gasteiger charge is -2.40. The summed E-state index contributed by atoms with van der Waals surface area (Å²) in [6.45, 7) is -0.887. The van der Waals surface area contributed by atoms with Crippen LogP contribution in [0.3, 0.4) is 0 Å². The van der Waals surface area contributed by atoms with Gasteiger partial charge in [0.05, 0.1) is 12.7 Å². The molecule has 0 amide bonds. The summed E-state index contributed by atoms with van der Waals surface area (Å²) in [7, 11) is 0. The number of hydrogen-bond donors (Lipinski definition) is 5. The highest BCUT2D eigenvalue weighted by Crippen LogP contribution is 2.25. The summed E-state index contributed by atoms with van der Waals surface area (Å²) in [5.74, 6) is -2.27. The monoisotopic (exact) mass is 180 g/mol. The molecule has 72 valence electrons. The molecule has 6 nitrogen and oxygen atoms in total. The van der Waals surface area contributed by atoms with Crippen LogP contribution in [-0.2, 0) is 4.74 Å². The van der Waals surface area contributed by atoms with E-state index in [4.69, 9.17) is 20.4 Å². The van der Waals surface area contributed by atoms with Gasteiger partial charge in [-0.25, -0.2) is 0 Å². The van der Waals surface area contributed by atoms with E-state index in [1.165, 1.54) is 0 Å². The summed E-state index contributed by atoms with van der Waals surface area (Å²) < 4.78 is 4.46. The van der Waals surface area contributed by atoms with Gasteiger partial charge in [-0.15, -0.1) is 0 Å². The highest BCUT2D eigenvalue weighted by atomic mass is 16.7. The third-order valence-electron chi connectivity index (χ3n) is 1.84. The molecule has 0 spiro atoms. The first-order valence-electron chi connectivity index (χ1n) is 3.55. The van der Waals surface area contributed by atoms with Crippen molar-refractivity contribution in [2.75, 3.05) is 6.61 Å². The molecule has 1 rings (SSSR count). The smallest absolute Gasteiger partial charge is 0.220 e. The van der Waals surface area contributed by atoms with Gasteiger partial charge in [-0.05, 0) is 0 Å². The van der Waals surface area contributed by atoms with Crippen LogP contribution in [0.1, 0.15) is 6.42 Å². The molecule has 1 aliphatic heterocycles. The van der Waals surface area contributed by atoms with Crippen molar-refractivity contribution < 1.29 is 30.3 Å². The van der Waals surface area contributed by atoms with Gasteiger partial charge in [-0.1, -0.05) is 0 Å². The van der Waals surface area contributed by atoms with Gasteiger partial charge in [0.15, 0.2) is 6.29 Å². The lowest BCUT2D eigenvalue weighted by molar-refractivity contribution is -0.365. The Morgan fingerprint density at radius 1 is 1.33 bits per heavy atom. The molecule has 0 saturated carbocycles. The molecule has 4 atom stereocenters. The van der Waals surface area contributed by atoms with Crippen LogP contribution in [-0.4, -0.2) is 56.4 Å². The van der Waals surface area contributed by atoms with E-state index in [-0.39, 0.29) is 6.42 Å². The van der Waals surface area contributed by atoms with Crippen LogP contribution < -0.4 is 0 Å². The minimum Gasteiger partial charge on any atom is -0.391 e. The lowest BCUT2D eigenvalue weighted by Crippen LogP contribution is -2.59. The fourth-order valence-electron chi connectivity index (χ4n) is 1.12. The molecule has 6 heteroatoms. The van der Waals surface area contributed by atoms with E-state index >= 15 is 0 Å². The molecule has 1 aliphatic rings. The minimum absolute atomic E-state index is 0.191. The topological polar surface area (TPSA) is 110 Å². The molecule has 0 aromatic rings. The normalized spacial score (nSPS) is 49.2. The average Bonchev–Trinajstić information content (AvgIpc) is 2.00. The maximum Gasteiger partial charge on any atom is 0.220 e. The predicted molar refractivity (Wildman–Crippen MR) is 35.8 cm³/mol. The number of rotatable bonds is 1. The first-order chi connectivity index (χ1) is 5.49. The Kier molecular flexibility index (Phi) is 2.67. The standard InChI is InChI=1S/C6H12O6/c7-2-6(11)5(10)3(8)1-4(9)12-6/h3-5,7-11H,1-2H2/t3-,4?,5+,6+/m1/s1. The van der Waals surface area contributed by atoms with E-state index < -0.39 is 30.9 Å². The van der Waals surface area contributed by atoms with Gasteiger partial charge in [0.25, 0.3) is 0 Å². The van der Waals surface area contributed by atoms with Crippen molar-refractivity contribution >= 4 is 0 Å². The van der Waals surface area contributed by atoms with Crippen LogP contribution in [0.4, 0.5) is 0 Å². The summed E-state index contributed by atoms with van der Waals surface area (Å²) in [5, 5.41) is 44.9. The van der Waals surface area contributed by atoms with Crippen LogP contribution in [0.15, 0.2) is 0 Å². The molecule has 1 heterocycles. The third-order valence-corrected chi connectivity index (χ3v) is 1.84. The summed E-state index contributed by atoms with van der Waals surface area (Å²) in [4.78, 5) is 0. The van der Waals surface area contributed by atoms with Crippen molar-refractivity contribution in [1.29, 1.82) is 0 Å². The summed E-state index contributed by atoms with van der Waals surface area (Å²) in [6.07, 6.45) is -4.47. The van der Waals surface area contributed by atoms with Crippen molar-refractivity contribution in [3.05, 3.63) is 0 Å². The molecular formula is C6H12O6. The van der Waals surface area contributed by atoms with E-state index in [0.29, 0.717) is 0 Å². The summed E-state index contributed by atoms with van der Waals surface area (Å²) >= 11 is 0. The Hall–Kier alpha value is -0.240. The van der Waals surface area contributed by atoms with Gasteiger partial charge in [0.1, 0.15) is 6.10 Å². The molecule has 0 bridgehead atoms. The van der Waals surface area contributed by atoms with Gasteiger partial charge >= 0.3 is 0 Å². The highest BCUT2D eigenvalue weighted by molar-refractivity contribution is 4.87. The second-order valence-corrected chi connectivity index (χ2v) is 2.82. The number of aliphatic hydroxyl groups is 5. The number of hydrogen-bond acceptors (Lipinski definition) is 6. The van der Waals surface area contributed by atoms with Crippen LogP contribution >= 0.6 is 0 Å². The van der Waals surface area contributed by atoms with Crippen LogP contribution in [0, 0.1) is 0 Å². The second kappa shape index (κ2) is 3.25. The quantitative estimate of drug-likeness (QED) is 0.296. The molecule has 1 saturated heterocycles. The van der Waals surface area contributed by atoms with Gasteiger partial charge in [-0.3, -0.25) is 0 Å². The molecule has 1 fully saturated rings. The maximum absolute atomic E-state index is 9.25. The SMILES string of the molecule is OC[C@]1(O)OC(O)C[C@@H](O)[C@@H]1O. The third kappa shape index (κ3) is 1.58. The molecule has 0 aromatic carbocycles. The van der Waals surface area contributed by atoms with E-state index in [1.807, 2.05) is 0 Å². The average molecular weight is 180 g/mol. The van der Waals surface area contributed by atoms with Crippen molar-refractivity contribution in [2.45, 2.75) is 30.7 Å². The van der Waals surface area contributed by atoms with E-state index in [9.17, 15) is 5.11 Å². The number of aliphatic hydroxyl groups excluding tert-OH is 4. The Balaban J connectivity index is 2.72. The Morgan fingerprint density at radius 3 is 2.42 bits per heavy atom. The van der Waals surface area contributed by atoms with Crippen molar-refractivity contribution in [2.24, 2.45) is 0 Å². The number of ether oxygens (including phenoxy) is 1. The lowest BCUT2D eigenvalue weighted by atomic mass is 9.99. The zero-order valence-corrected chi connectivity index (χ0v) is 6.29. The molecule has 0 aliphatic carbocycles. The summed E-state index contributed by atoms with van der Waals surface area (Å²) in [6, 6.07) is 0. The zero-order valence-electron chi connectivity index (χ0n) is 6.29. The predicted octanol–water partition coefficient (Wildman–Crippen LogP) is -2.87. The molecule has 1 unspecified atom stereocenters. The Morgan fingerprint density at radius 2 is 1.92 bits per heavy atom. The maximum atomic E-state index is 9.25. The van der Waals surface area contributed by atoms with Crippen molar-refractivity contribution in [3.8, 4) is 0 Å². The van der Waals surface area contributed by atoms with Crippen LogP contribution in [0.5, 0.6) is 0 Å². The van der Waals surface area contributed by atoms with E-state index in [0.717, 1.165) is 0 Å². The Bertz CT molecular complexity index is 162.